The van der Waals surface area contributed by atoms with Crippen LogP contribution in [-0.2, 0) is 14.3 Å². The monoisotopic (exact) mass is 253 g/mol. The Hall–Kier alpha value is -1.58. The summed E-state index contributed by atoms with van der Waals surface area (Å²) in [6, 6.07) is -0.179. The van der Waals surface area contributed by atoms with Gasteiger partial charge in [-0.2, -0.15) is 0 Å². The molecule has 0 saturated carbocycles. The van der Waals surface area contributed by atoms with Gasteiger partial charge >= 0.3 is 5.97 Å². The topological polar surface area (TPSA) is 55.4 Å². The van der Waals surface area contributed by atoms with E-state index in [1.807, 2.05) is 0 Å². The van der Waals surface area contributed by atoms with E-state index in [4.69, 9.17) is 4.74 Å². The highest BCUT2D eigenvalue weighted by molar-refractivity contribution is 5.76. The first kappa shape index (κ1) is 16.4. The van der Waals surface area contributed by atoms with Crippen LogP contribution in [0.2, 0.25) is 0 Å². The van der Waals surface area contributed by atoms with Gasteiger partial charge in [0.25, 0.3) is 0 Å². The van der Waals surface area contributed by atoms with Gasteiger partial charge in [0, 0.05) is 6.42 Å². The van der Waals surface area contributed by atoms with Gasteiger partial charge in [-0.25, -0.2) is 0 Å². The second kappa shape index (κ2) is 9.45. The van der Waals surface area contributed by atoms with Crippen LogP contribution in [0.15, 0.2) is 25.3 Å². The molecule has 102 valence electrons. The number of allylic oxidation sites excluding steroid dienone is 2. The highest BCUT2D eigenvalue weighted by atomic mass is 16.5. The zero-order valence-electron chi connectivity index (χ0n) is 11.3. The Balaban J connectivity index is 3.84. The first-order valence-electron chi connectivity index (χ1n) is 6.19. The van der Waals surface area contributed by atoms with Crippen molar-refractivity contribution in [1.82, 2.24) is 5.32 Å². The zero-order chi connectivity index (χ0) is 14.0. The second-order valence-corrected chi connectivity index (χ2v) is 4.35. The third-order valence-corrected chi connectivity index (χ3v) is 2.38. The van der Waals surface area contributed by atoms with Crippen molar-refractivity contribution in [1.29, 1.82) is 0 Å². The van der Waals surface area contributed by atoms with E-state index in [-0.39, 0.29) is 30.4 Å². The normalized spacial score (nSPS) is 13.2. The number of amides is 1. The van der Waals surface area contributed by atoms with Gasteiger partial charge in [-0.05, 0) is 19.8 Å². The van der Waals surface area contributed by atoms with Gasteiger partial charge in [0.2, 0.25) is 5.91 Å². The van der Waals surface area contributed by atoms with Gasteiger partial charge in [0.15, 0.2) is 0 Å². The minimum absolute atomic E-state index is 0.0578. The number of nitrogens with one attached hydrogen (secondary N) is 1. The number of carbonyl (C=O) groups excluding carboxylic acids is 2. The van der Waals surface area contributed by atoms with Gasteiger partial charge in [-0.15, -0.1) is 13.2 Å². The van der Waals surface area contributed by atoms with Crippen LogP contribution in [0, 0.1) is 5.92 Å². The first-order valence-corrected chi connectivity index (χ1v) is 6.19. The maximum Gasteiger partial charge on any atom is 0.309 e. The number of hydrogen-bond donors (Lipinski definition) is 1. The minimum atomic E-state index is -0.262. The molecule has 0 aliphatic rings. The van der Waals surface area contributed by atoms with Crippen molar-refractivity contribution in [2.45, 2.75) is 39.2 Å². The average Bonchev–Trinajstić information content (AvgIpc) is 2.33. The van der Waals surface area contributed by atoms with Crippen molar-refractivity contribution in [2.75, 3.05) is 6.61 Å². The standard InChI is InChI=1S/C14H23NO3/c1-5-7-9-13(16)15-12(4)10-18-14(17)11(3)8-6-2/h5-6,11-12H,1-2,7-10H2,3-4H3,(H,15,16)/t11-,12+/m1/s1. The number of carbonyl (C=O) groups is 2. The van der Waals surface area contributed by atoms with Crippen LogP contribution in [0.5, 0.6) is 0 Å². The molecule has 0 spiro atoms. The summed E-state index contributed by atoms with van der Waals surface area (Å²) in [5, 5.41) is 2.76. The van der Waals surface area contributed by atoms with Crippen LogP contribution in [0.4, 0.5) is 0 Å². The molecule has 0 aromatic rings. The van der Waals surface area contributed by atoms with E-state index in [2.05, 4.69) is 18.5 Å². The van der Waals surface area contributed by atoms with Crippen molar-refractivity contribution >= 4 is 11.9 Å². The summed E-state index contributed by atoms with van der Waals surface area (Å²) in [5.74, 6) is -0.508. The quantitative estimate of drug-likeness (QED) is 0.506. The molecule has 0 aliphatic heterocycles. The van der Waals surface area contributed by atoms with Gasteiger partial charge in [-0.1, -0.05) is 19.1 Å². The molecule has 1 N–H and O–H groups in total. The fraction of sp³-hybridized carbons (Fsp3) is 0.571. The van der Waals surface area contributed by atoms with E-state index in [9.17, 15) is 9.59 Å². The Labute approximate surface area is 109 Å². The minimum Gasteiger partial charge on any atom is -0.463 e. The lowest BCUT2D eigenvalue weighted by Gasteiger charge is -2.15. The smallest absolute Gasteiger partial charge is 0.309 e. The lowest BCUT2D eigenvalue weighted by atomic mass is 10.1. The Bertz CT molecular complexity index is 299. The molecule has 0 aromatic heterocycles. The molecule has 0 bridgehead atoms. The maximum absolute atomic E-state index is 11.5. The third kappa shape index (κ3) is 7.65. The first-order chi connectivity index (χ1) is 8.51. The molecule has 2 atom stereocenters. The summed E-state index contributed by atoms with van der Waals surface area (Å²) < 4.78 is 5.10. The molecule has 0 fully saturated rings. The van der Waals surface area contributed by atoms with E-state index in [1.54, 1.807) is 26.0 Å². The highest BCUT2D eigenvalue weighted by Crippen LogP contribution is 2.05. The zero-order valence-corrected chi connectivity index (χ0v) is 11.3. The van der Waals surface area contributed by atoms with E-state index < -0.39 is 0 Å². The molecule has 0 rings (SSSR count). The van der Waals surface area contributed by atoms with E-state index in [0.717, 1.165) is 0 Å². The SMILES string of the molecule is C=CCCC(=O)N[C@@H](C)COC(=O)[C@H](C)CC=C. The van der Waals surface area contributed by atoms with Crippen LogP contribution in [0.1, 0.15) is 33.1 Å². The number of ether oxygens (including phenoxy) is 1. The van der Waals surface area contributed by atoms with Crippen molar-refractivity contribution in [3.63, 3.8) is 0 Å². The molecule has 0 unspecified atom stereocenters. The Morgan fingerprint density at radius 1 is 1.28 bits per heavy atom. The lowest BCUT2D eigenvalue weighted by molar-refractivity contribution is -0.149. The molecule has 4 nitrogen and oxygen atoms in total. The Morgan fingerprint density at radius 2 is 1.94 bits per heavy atom. The van der Waals surface area contributed by atoms with Crippen molar-refractivity contribution < 1.29 is 14.3 Å². The summed E-state index contributed by atoms with van der Waals surface area (Å²) in [5.41, 5.74) is 0. The molecule has 1 amide bonds. The van der Waals surface area contributed by atoms with Gasteiger partial charge < -0.3 is 10.1 Å². The predicted molar refractivity (Wildman–Crippen MR) is 72.0 cm³/mol. The Kier molecular flexibility index (Phi) is 8.62. The summed E-state index contributed by atoms with van der Waals surface area (Å²) in [6.45, 7) is 10.9. The fourth-order valence-corrected chi connectivity index (χ4v) is 1.32. The maximum atomic E-state index is 11.5. The van der Waals surface area contributed by atoms with E-state index >= 15 is 0 Å². The fourth-order valence-electron chi connectivity index (χ4n) is 1.32. The van der Waals surface area contributed by atoms with Crippen molar-refractivity contribution in [3.05, 3.63) is 25.3 Å². The van der Waals surface area contributed by atoms with Crippen LogP contribution in [-0.4, -0.2) is 24.5 Å². The number of rotatable bonds is 9. The van der Waals surface area contributed by atoms with Gasteiger partial charge in [0.05, 0.1) is 12.0 Å². The molecule has 0 aliphatic carbocycles. The molecular weight excluding hydrogens is 230 g/mol. The third-order valence-electron chi connectivity index (χ3n) is 2.38. The molecule has 0 saturated heterocycles. The summed E-state index contributed by atoms with van der Waals surface area (Å²) in [7, 11) is 0. The van der Waals surface area contributed by atoms with Crippen LogP contribution in [0.25, 0.3) is 0 Å². The average molecular weight is 253 g/mol. The molecular formula is C14H23NO3. The van der Waals surface area contributed by atoms with Gasteiger partial charge in [0.1, 0.15) is 6.61 Å². The number of esters is 1. The molecule has 0 aromatic carbocycles. The van der Waals surface area contributed by atoms with Crippen LogP contribution in [0.3, 0.4) is 0 Å². The van der Waals surface area contributed by atoms with Crippen molar-refractivity contribution in [3.8, 4) is 0 Å². The summed E-state index contributed by atoms with van der Waals surface area (Å²) in [6.07, 6.45) is 5.04. The second-order valence-electron chi connectivity index (χ2n) is 4.35. The van der Waals surface area contributed by atoms with E-state index in [1.165, 1.54) is 0 Å². The molecule has 0 radical (unpaired) electrons. The number of hydrogen-bond acceptors (Lipinski definition) is 3. The van der Waals surface area contributed by atoms with Crippen LogP contribution >= 0.6 is 0 Å². The van der Waals surface area contributed by atoms with Gasteiger partial charge in [-0.3, -0.25) is 9.59 Å². The van der Waals surface area contributed by atoms with Crippen molar-refractivity contribution in [2.24, 2.45) is 5.92 Å². The highest BCUT2D eigenvalue weighted by Gasteiger charge is 2.14. The lowest BCUT2D eigenvalue weighted by Crippen LogP contribution is -2.36. The molecule has 4 heteroatoms. The van der Waals surface area contributed by atoms with E-state index in [0.29, 0.717) is 19.3 Å². The largest absolute Gasteiger partial charge is 0.463 e. The summed E-state index contributed by atoms with van der Waals surface area (Å²) >= 11 is 0. The molecule has 18 heavy (non-hydrogen) atoms. The molecule has 0 heterocycles. The summed E-state index contributed by atoms with van der Waals surface area (Å²) in [4.78, 5) is 22.9. The van der Waals surface area contributed by atoms with Crippen LogP contribution < -0.4 is 5.32 Å². The Morgan fingerprint density at radius 3 is 2.50 bits per heavy atom. The predicted octanol–water partition coefficient (Wildman–Crippen LogP) is 2.21.